The van der Waals surface area contributed by atoms with Crippen LogP contribution in [0.3, 0.4) is 0 Å². The molecule has 1 aromatic heterocycles. The topological polar surface area (TPSA) is 176 Å². The van der Waals surface area contributed by atoms with Gasteiger partial charge < -0.3 is 41.3 Å². The van der Waals surface area contributed by atoms with Crippen LogP contribution in [0, 0.1) is 0 Å². The fourth-order valence-electron chi connectivity index (χ4n) is 5.18. The van der Waals surface area contributed by atoms with E-state index in [9.17, 15) is 14.7 Å². The van der Waals surface area contributed by atoms with Crippen LogP contribution < -0.4 is 36.2 Å². The maximum absolute atomic E-state index is 12.7. The van der Waals surface area contributed by atoms with Crippen molar-refractivity contribution in [2.45, 2.75) is 50.6 Å². The van der Waals surface area contributed by atoms with Gasteiger partial charge >= 0.3 is 5.97 Å². The van der Waals surface area contributed by atoms with Crippen LogP contribution in [-0.4, -0.2) is 95.9 Å². The van der Waals surface area contributed by atoms with Crippen molar-refractivity contribution in [1.82, 2.24) is 20.3 Å². The number of nitrogens with zero attached hydrogens (tertiary/aromatic N) is 6. The number of amides is 1. The van der Waals surface area contributed by atoms with Gasteiger partial charge in [0.15, 0.2) is 0 Å². The monoisotopic (exact) mass is 555 g/mol. The van der Waals surface area contributed by atoms with Crippen LogP contribution in [0.25, 0.3) is 0 Å². The first-order valence-corrected chi connectivity index (χ1v) is 14.0. The minimum absolute atomic E-state index is 0.211. The van der Waals surface area contributed by atoms with Gasteiger partial charge in [-0.05, 0) is 51.3 Å². The van der Waals surface area contributed by atoms with Crippen LogP contribution in [0.5, 0.6) is 5.75 Å². The molecule has 0 unspecified atom stereocenters. The molecule has 4 rings (SSSR count). The average Bonchev–Trinajstić information content (AvgIpc) is 2.98. The first-order chi connectivity index (χ1) is 19.4. The average molecular weight is 556 g/mol. The van der Waals surface area contributed by atoms with E-state index in [1.807, 2.05) is 30.0 Å². The van der Waals surface area contributed by atoms with Crippen LogP contribution >= 0.6 is 0 Å². The standard InChI is InChI=1S/C27H41N9O4/c1-2-40-22-9-4-3-8-21(22)34-15-17-36(18-16-34)26-31-19-30-25(32-26)35-13-10-27(11-14-35,24(38)39)33-23(37)20(29)7-5-6-12-28/h3-4,8-9,19-20H,2,5-7,10-18,28-29H2,1H3,(H,33,37)(H,38,39)/t20-/m0/s1. The van der Waals surface area contributed by atoms with Gasteiger partial charge in [-0.3, -0.25) is 4.79 Å². The molecular formula is C27H41N9O4. The van der Waals surface area contributed by atoms with Crippen molar-refractivity contribution in [3.63, 3.8) is 0 Å². The lowest BCUT2D eigenvalue weighted by molar-refractivity contribution is -0.149. The molecule has 1 amide bonds. The summed E-state index contributed by atoms with van der Waals surface area (Å²) < 4.78 is 5.80. The molecule has 218 valence electrons. The number of ether oxygens (including phenoxy) is 1. The zero-order valence-electron chi connectivity index (χ0n) is 23.2. The summed E-state index contributed by atoms with van der Waals surface area (Å²) in [5, 5.41) is 12.7. The van der Waals surface area contributed by atoms with Gasteiger partial charge in [0.05, 0.1) is 18.3 Å². The van der Waals surface area contributed by atoms with Gasteiger partial charge in [0.25, 0.3) is 0 Å². The van der Waals surface area contributed by atoms with Gasteiger partial charge in [0, 0.05) is 39.3 Å². The van der Waals surface area contributed by atoms with Crippen LogP contribution in [-0.2, 0) is 9.59 Å². The molecule has 2 saturated heterocycles. The maximum atomic E-state index is 12.7. The molecule has 0 radical (unpaired) electrons. The molecule has 1 aromatic carbocycles. The molecule has 0 saturated carbocycles. The number of rotatable bonds is 12. The third kappa shape index (κ3) is 6.89. The Labute approximate surface area is 234 Å². The Morgan fingerprint density at radius 2 is 1.65 bits per heavy atom. The first-order valence-electron chi connectivity index (χ1n) is 14.0. The summed E-state index contributed by atoms with van der Waals surface area (Å²) in [5.74, 6) is 0.466. The fraction of sp³-hybridized carbons (Fsp3) is 0.593. The molecule has 1 atom stereocenters. The van der Waals surface area contributed by atoms with Crippen molar-refractivity contribution in [2.75, 3.05) is 67.1 Å². The number of carbonyl (C=O) groups excluding carboxylic acids is 1. The van der Waals surface area contributed by atoms with E-state index in [0.717, 1.165) is 50.5 Å². The molecule has 2 aliphatic rings. The molecule has 2 fully saturated rings. The van der Waals surface area contributed by atoms with Crippen molar-refractivity contribution in [2.24, 2.45) is 11.5 Å². The van der Waals surface area contributed by atoms with Gasteiger partial charge in [-0.15, -0.1) is 0 Å². The smallest absolute Gasteiger partial charge is 0.329 e. The van der Waals surface area contributed by atoms with Crippen molar-refractivity contribution in [1.29, 1.82) is 0 Å². The lowest BCUT2D eigenvalue weighted by atomic mass is 9.87. The highest BCUT2D eigenvalue weighted by molar-refractivity contribution is 5.89. The fourth-order valence-corrected chi connectivity index (χ4v) is 5.18. The number of benzene rings is 1. The Morgan fingerprint density at radius 3 is 2.27 bits per heavy atom. The number of nitrogens with two attached hydrogens (primary N) is 2. The SMILES string of the molecule is CCOc1ccccc1N1CCN(c2ncnc(N3CCC(NC(=O)[C@@H](N)CCCCN)(C(=O)O)CC3)n2)CC1. The van der Waals surface area contributed by atoms with Crippen molar-refractivity contribution in [3.8, 4) is 5.75 Å². The van der Waals surface area contributed by atoms with E-state index in [0.29, 0.717) is 44.6 Å². The Hall–Kier alpha value is -3.71. The molecule has 13 heteroatoms. The predicted octanol–water partition coefficient (Wildman–Crippen LogP) is 0.593. The first kappa shape index (κ1) is 29.3. The van der Waals surface area contributed by atoms with Crippen LogP contribution in [0.4, 0.5) is 17.6 Å². The number of piperidine rings is 1. The Balaban J connectivity index is 1.35. The van der Waals surface area contributed by atoms with Crippen molar-refractivity contribution >= 4 is 29.5 Å². The molecule has 13 nitrogen and oxygen atoms in total. The predicted molar refractivity (Wildman–Crippen MR) is 153 cm³/mol. The number of unbranched alkanes of at least 4 members (excludes halogenated alkanes) is 1. The summed E-state index contributed by atoms with van der Waals surface area (Å²) in [4.78, 5) is 44.7. The number of anilines is 3. The van der Waals surface area contributed by atoms with Gasteiger partial charge in [0.1, 0.15) is 17.6 Å². The molecule has 0 bridgehead atoms. The number of hydrogen-bond acceptors (Lipinski definition) is 11. The summed E-state index contributed by atoms with van der Waals surface area (Å²) in [7, 11) is 0. The number of para-hydroxylation sites is 2. The molecule has 6 N–H and O–H groups in total. The number of aromatic nitrogens is 3. The Kier molecular flexibility index (Phi) is 9.93. The summed E-state index contributed by atoms with van der Waals surface area (Å²) in [6.07, 6.45) is 3.87. The lowest BCUT2D eigenvalue weighted by Crippen LogP contribution is -2.62. The number of aliphatic carboxylic acids is 1. The quantitative estimate of drug-likeness (QED) is 0.269. The summed E-state index contributed by atoms with van der Waals surface area (Å²) in [5.41, 5.74) is 11.2. The van der Waals surface area contributed by atoms with Crippen molar-refractivity contribution < 1.29 is 19.4 Å². The number of nitrogens with one attached hydrogen (secondary N) is 1. The highest BCUT2D eigenvalue weighted by atomic mass is 16.5. The van der Waals surface area contributed by atoms with Crippen LogP contribution in [0.1, 0.15) is 39.0 Å². The summed E-state index contributed by atoms with van der Waals surface area (Å²) in [6.45, 7) is 6.95. The lowest BCUT2D eigenvalue weighted by Gasteiger charge is -2.40. The summed E-state index contributed by atoms with van der Waals surface area (Å²) >= 11 is 0. The molecule has 3 heterocycles. The number of carbonyl (C=O) groups is 2. The van der Waals surface area contributed by atoms with E-state index < -0.39 is 23.5 Å². The zero-order valence-corrected chi connectivity index (χ0v) is 23.2. The molecular weight excluding hydrogens is 514 g/mol. The second-order valence-corrected chi connectivity index (χ2v) is 10.2. The van der Waals surface area contributed by atoms with Gasteiger partial charge in [-0.1, -0.05) is 18.6 Å². The van der Waals surface area contributed by atoms with Gasteiger partial charge in [-0.2, -0.15) is 4.98 Å². The van der Waals surface area contributed by atoms with E-state index in [2.05, 4.69) is 31.2 Å². The molecule has 2 aromatic rings. The Bertz CT molecular complexity index is 1130. The highest BCUT2D eigenvalue weighted by Crippen LogP contribution is 2.30. The number of hydrogen-bond donors (Lipinski definition) is 4. The van der Waals surface area contributed by atoms with Gasteiger partial charge in [-0.25, -0.2) is 14.8 Å². The number of carboxylic acids is 1. The van der Waals surface area contributed by atoms with E-state index in [4.69, 9.17) is 21.2 Å². The van der Waals surface area contributed by atoms with E-state index in [-0.39, 0.29) is 12.8 Å². The van der Waals surface area contributed by atoms with E-state index in [1.54, 1.807) is 0 Å². The Morgan fingerprint density at radius 1 is 1.02 bits per heavy atom. The minimum atomic E-state index is -1.37. The van der Waals surface area contributed by atoms with Crippen LogP contribution in [0.15, 0.2) is 30.6 Å². The van der Waals surface area contributed by atoms with E-state index >= 15 is 0 Å². The highest BCUT2D eigenvalue weighted by Gasteiger charge is 2.44. The number of carboxylic acid groups (broad SMARTS) is 1. The third-order valence-corrected chi connectivity index (χ3v) is 7.59. The summed E-state index contributed by atoms with van der Waals surface area (Å²) in [6, 6.07) is 7.30. The molecule has 0 aliphatic carbocycles. The van der Waals surface area contributed by atoms with Crippen LogP contribution in [0.2, 0.25) is 0 Å². The van der Waals surface area contributed by atoms with Crippen molar-refractivity contribution in [3.05, 3.63) is 30.6 Å². The molecule has 0 spiro atoms. The zero-order chi connectivity index (χ0) is 28.5. The molecule has 40 heavy (non-hydrogen) atoms. The molecule has 2 aliphatic heterocycles. The maximum Gasteiger partial charge on any atom is 0.329 e. The normalized spacial score (nSPS) is 17.8. The minimum Gasteiger partial charge on any atom is -0.492 e. The largest absolute Gasteiger partial charge is 0.492 e. The number of piperazine rings is 1. The van der Waals surface area contributed by atoms with E-state index in [1.165, 1.54) is 6.33 Å². The third-order valence-electron chi connectivity index (χ3n) is 7.59. The van der Waals surface area contributed by atoms with Gasteiger partial charge in [0.2, 0.25) is 17.8 Å². The second kappa shape index (κ2) is 13.6. The second-order valence-electron chi connectivity index (χ2n) is 10.2.